The van der Waals surface area contributed by atoms with E-state index in [0.717, 1.165) is 6.42 Å². The molecule has 0 amide bonds. The number of hydrogen-bond acceptors (Lipinski definition) is 6. The van der Waals surface area contributed by atoms with E-state index in [1.54, 1.807) is 19.1 Å². The van der Waals surface area contributed by atoms with Crippen molar-refractivity contribution in [3.8, 4) is 11.5 Å². The zero-order valence-corrected chi connectivity index (χ0v) is 11.6. The van der Waals surface area contributed by atoms with E-state index >= 15 is 0 Å². The predicted molar refractivity (Wildman–Crippen MR) is 73.2 cm³/mol. The highest BCUT2D eigenvalue weighted by atomic mass is 16.6. The Labute approximate surface area is 116 Å². The molecular formula is C13H16N4O3. The zero-order valence-electron chi connectivity index (χ0n) is 11.6. The van der Waals surface area contributed by atoms with Gasteiger partial charge < -0.3 is 9.73 Å². The van der Waals surface area contributed by atoms with Crippen molar-refractivity contribution in [2.75, 3.05) is 7.05 Å². The number of nitrogens with zero attached hydrogens (tertiary/aromatic N) is 3. The Bertz CT molecular complexity index is 620. The molecule has 1 atom stereocenters. The number of aromatic nitrogens is 2. The molecule has 0 radical (unpaired) electrons. The lowest BCUT2D eigenvalue weighted by atomic mass is 10.1. The van der Waals surface area contributed by atoms with E-state index in [1.165, 1.54) is 6.07 Å². The van der Waals surface area contributed by atoms with Crippen molar-refractivity contribution in [3.05, 3.63) is 39.8 Å². The molecule has 20 heavy (non-hydrogen) atoms. The molecule has 7 heteroatoms. The second-order valence-electron chi connectivity index (χ2n) is 4.40. The molecule has 0 spiro atoms. The molecule has 2 rings (SSSR count). The van der Waals surface area contributed by atoms with Gasteiger partial charge in [-0.3, -0.25) is 10.1 Å². The van der Waals surface area contributed by atoms with E-state index < -0.39 is 4.92 Å². The summed E-state index contributed by atoms with van der Waals surface area (Å²) in [6, 6.07) is 4.79. The molecule has 0 aliphatic heterocycles. The van der Waals surface area contributed by atoms with Crippen LogP contribution in [0.5, 0.6) is 0 Å². The van der Waals surface area contributed by atoms with Crippen molar-refractivity contribution < 1.29 is 9.34 Å². The van der Waals surface area contributed by atoms with Crippen molar-refractivity contribution in [2.45, 2.75) is 26.3 Å². The Kier molecular flexibility index (Phi) is 4.09. The Balaban J connectivity index is 2.43. The molecule has 1 aromatic heterocycles. The van der Waals surface area contributed by atoms with Gasteiger partial charge in [0.05, 0.1) is 11.0 Å². The lowest BCUT2D eigenvalue weighted by molar-refractivity contribution is -0.385. The number of nitro benzene ring substituents is 1. The van der Waals surface area contributed by atoms with Crippen LogP contribution in [-0.2, 0) is 0 Å². The van der Waals surface area contributed by atoms with Crippen LogP contribution in [0.3, 0.4) is 0 Å². The minimum Gasteiger partial charge on any atom is -0.419 e. The van der Waals surface area contributed by atoms with Crippen molar-refractivity contribution in [1.29, 1.82) is 0 Å². The van der Waals surface area contributed by atoms with Gasteiger partial charge in [0.15, 0.2) is 0 Å². The smallest absolute Gasteiger partial charge is 0.273 e. The third-order valence-corrected chi connectivity index (χ3v) is 3.23. The fraction of sp³-hybridized carbons (Fsp3) is 0.385. The molecule has 1 unspecified atom stereocenters. The van der Waals surface area contributed by atoms with Crippen LogP contribution in [0.2, 0.25) is 0 Å². The Morgan fingerprint density at radius 2 is 2.20 bits per heavy atom. The van der Waals surface area contributed by atoms with E-state index in [0.29, 0.717) is 22.9 Å². The summed E-state index contributed by atoms with van der Waals surface area (Å²) in [6.07, 6.45) is 0.812. The molecule has 1 heterocycles. The van der Waals surface area contributed by atoms with Gasteiger partial charge in [-0.15, -0.1) is 10.2 Å². The number of rotatable bonds is 5. The van der Waals surface area contributed by atoms with Gasteiger partial charge in [-0.05, 0) is 26.5 Å². The highest BCUT2D eigenvalue weighted by molar-refractivity contribution is 5.64. The molecule has 0 bridgehead atoms. The largest absolute Gasteiger partial charge is 0.419 e. The van der Waals surface area contributed by atoms with Crippen molar-refractivity contribution in [2.24, 2.45) is 0 Å². The van der Waals surface area contributed by atoms with Crippen LogP contribution in [0.1, 0.15) is 30.8 Å². The highest BCUT2D eigenvalue weighted by Crippen LogP contribution is 2.29. The van der Waals surface area contributed by atoms with Gasteiger partial charge in [-0.25, -0.2) is 0 Å². The summed E-state index contributed by atoms with van der Waals surface area (Å²) >= 11 is 0. The third-order valence-electron chi connectivity index (χ3n) is 3.23. The first-order valence-electron chi connectivity index (χ1n) is 6.33. The van der Waals surface area contributed by atoms with Crippen LogP contribution in [-0.4, -0.2) is 22.2 Å². The second-order valence-corrected chi connectivity index (χ2v) is 4.40. The van der Waals surface area contributed by atoms with Gasteiger partial charge in [-0.1, -0.05) is 13.0 Å². The van der Waals surface area contributed by atoms with Gasteiger partial charge in [-0.2, -0.15) is 0 Å². The minimum absolute atomic E-state index is 0.0183. The molecule has 1 N–H and O–H groups in total. The Morgan fingerprint density at radius 3 is 2.80 bits per heavy atom. The van der Waals surface area contributed by atoms with Crippen LogP contribution in [0.15, 0.2) is 22.6 Å². The Hall–Kier alpha value is -2.28. The summed E-state index contributed by atoms with van der Waals surface area (Å²) in [7, 11) is 1.82. The third kappa shape index (κ3) is 2.53. The molecule has 106 valence electrons. The average Bonchev–Trinajstić information content (AvgIpc) is 2.89. The molecule has 7 nitrogen and oxygen atoms in total. The lowest BCUT2D eigenvalue weighted by Crippen LogP contribution is -2.15. The van der Waals surface area contributed by atoms with E-state index in [9.17, 15) is 10.1 Å². The van der Waals surface area contributed by atoms with Crippen LogP contribution < -0.4 is 5.32 Å². The number of nitrogens with one attached hydrogen (secondary N) is 1. The summed E-state index contributed by atoms with van der Waals surface area (Å²) in [5, 5.41) is 22.0. The minimum atomic E-state index is -0.418. The molecule has 0 aliphatic rings. The molecule has 0 fully saturated rings. The summed E-state index contributed by atoms with van der Waals surface area (Å²) in [6.45, 7) is 3.68. The van der Waals surface area contributed by atoms with Crippen LogP contribution in [0.4, 0.5) is 5.69 Å². The predicted octanol–water partition coefficient (Wildman–Crippen LogP) is 2.62. The summed E-state index contributed by atoms with van der Waals surface area (Å²) in [5.41, 5.74) is 1.15. The maximum atomic E-state index is 10.9. The number of hydrogen-bond donors (Lipinski definition) is 1. The standard InChI is InChI=1S/C13H16N4O3/c1-4-10(14-3)13-16-15-12(20-13)9-6-5-7-11(8(9)2)17(18)19/h5-7,10,14H,4H2,1-3H3. The summed E-state index contributed by atoms with van der Waals surface area (Å²) in [4.78, 5) is 10.5. The fourth-order valence-corrected chi connectivity index (χ4v) is 2.04. The average molecular weight is 276 g/mol. The molecule has 0 saturated heterocycles. The quantitative estimate of drug-likeness (QED) is 0.666. The topological polar surface area (TPSA) is 94.1 Å². The van der Waals surface area contributed by atoms with Crippen LogP contribution >= 0.6 is 0 Å². The van der Waals surface area contributed by atoms with Gasteiger partial charge in [0, 0.05) is 17.2 Å². The first-order chi connectivity index (χ1) is 9.58. The normalized spacial score (nSPS) is 12.3. The second kappa shape index (κ2) is 5.79. The van der Waals surface area contributed by atoms with Gasteiger partial charge in [0.25, 0.3) is 5.69 Å². The lowest BCUT2D eigenvalue weighted by Gasteiger charge is -2.07. The summed E-state index contributed by atoms with van der Waals surface area (Å²) in [5.74, 6) is 0.783. The maximum Gasteiger partial charge on any atom is 0.273 e. The van der Waals surface area contributed by atoms with Gasteiger partial charge >= 0.3 is 0 Å². The van der Waals surface area contributed by atoms with E-state index in [-0.39, 0.29) is 11.7 Å². The van der Waals surface area contributed by atoms with Crippen LogP contribution in [0, 0.1) is 17.0 Å². The van der Waals surface area contributed by atoms with E-state index in [2.05, 4.69) is 15.5 Å². The maximum absolute atomic E-state index is 10.9. The highest BCUT2D eigenvalue weighted by Gasteiger charge is 2.20. The van der Waals surface area contributed by atoms with Gasteiger partial charge in [0.1, 0.15) is 0 Å². The first-order valence-corrected chi connectivity index (χ1v) is 6.33. The van der Waals surface area contributed by atoms with Crippen LogP contribution in [0.25, 0.3) is 11.5 Å². The van der Waals surface area contributed by atoms with Crippen molar-refractivity contribution in [3.63, 3.8) is 0 Å². The first kappa shape index (κ1) is 14.1. The molecular weight excluding hydrogens is 260 g/mol. The SMILES string of the molecule is CCC(NC)c1nnc(-c2cccc([N+](=O)[O-])c2C)o1. The van der Waals surface area contributed by atoms with E-state index in [1.807, 2.05) is 14.0 Å². The number of nitro groups is 1. The monoisotopic (exact) mass is 276 g/mol. The van der Waals surface area contributed by atoms with Crippen molar-refractivity contribution >= 4 is 5.69 Å². The molecule has 1 aromatic carbocycles. The summed E-state index contributed by atoms with van der Waals surface area (Å²) < 4.78 is 5.62. The zero-order chi connectivity index (χ0) is 14.7. The van der Waals surface area contributed by atoms with Crippen molar-refractivity contribution in [1.82, 2.24) is 15.5 Å². The molecule has 2 aromatic rings. The molecule has 0 saturated carbocycles. The fourth-order valence-electron chi connectivity index (χ4n) is 2.04. The Morgan fingerprint density at radius 1 is 1.45 bits per heavy atom. The number of benzene rings is 1. The van der Waals surface area contributed by atoms with E-state index in [4.69, 9.17) is 4.42 Å². The van der Waals surface area contributed by atoms with Gasteiger partial charge in [0.2, 0.25) is 11.8 Å². The molecule has 0 aliphatic carbocycles.